The minimum absolute atomic E-state index is 0.0550. The van der Waals surface area contributed by atoms with Crippen molar-refractivity contribution in [3.63, 3.8) is 0 Å². The molecule has 0 spiro atoms. The summed E-state index contributed by atoms with van der Waals surface area (Å²) in [6.45, 7) is 0. The smallest absolute Gasteiger partial charge is 0.311 e. The Hall–Kier alpha value is -1.81. The van der Waals surface area contributed by atoms with Gasteiger partial charge in [-0.3, -0.25) is 9.59 Å². The van der Waals surface area contributed by atoms with Crippen LogP contribution < -0.4 is 5.56 Å². The molecule has 7 heteroatoms. The molecule has 1 rings (SSSR count). The third-order valence-electron chi connectivity index (χ3n) is 1.60. The van der Waals surface area contributed by atoms with Crippen LogP contribution in [0.15, 0.2) is 16.0 Å². The van der Waals surface area contributed by atoms with Crippen LogP contribution in [0.4, 0.5) is 0 Å². The van der Waals surface area contributed by atoms with Crippen LogP contribution in [-0.4, -0.2) is 28.8 Å². The fourth-order valence-electron chi connectivity index (χ4n) is 0.963. The summed E-state index contributed by atoms with van der Waals surface area (Å²) < 4.78 is 4.46. The van der Waals surface area contributed by atoms with E-state index in [4.69, 9.17) is 5.26 Å². The lowest BCUT2D eigenvalue weighted by Crippen LogP contribution is -2.13. The van der Waals surface area contributed by atoms with Crippen molar-refractivity contribution in [3.05, 3.63) is 22.1 Å². The zero-order valence-corrected chi connectivity index (χ0v) is 9.34. The van der Waals surface area contributed by atoms with Gasteiger partial charge in [-0.2, -0.15) is 5.26 Å². The molecule has 0 atom stereocenters. The first kappa shape index (κ1) is 12.3. The highest BCUT2D eigenvalue weighted by atomic mass is 32.2. The molecule has 0 saturated heterocycles. The summed E-state index contributed by atoms with van der Waals surface area (Å²) in [5, 5.41) is 8.71. The second-order valence-electron chi connectivity index (χ2n) is 2.74. The van der Waals surface area contributed by atoms with Gasteiger partial charge in [0.2, 0.25) is 0 Å². The maximum Gasteiger partial charge on any atom is 0.311 e. The van der Waals surface area contributed by atoms with Gasteiger partial charge in [-0.25, -0.2) is 4.98 Å². The Morgan fingerprint density at radius 3 is 3.12 bits per heavy atom. The van der Waals surface area contributed by atoms with E-state index in [1.165, 1.54) is 13.2 Å². The number of nitriles is 1. The standard InChI is InChI=1S/C9H9N3O3S/c1-15-8(14)5-6-4-7(13)12-9(11-6)16-3-2-10/h4H,3,5H2,1H3,(H,11,12,13). The minimum Gasteiger partial charge on any atom is -0.469 e. The number of aromatic nitrogens is 2. The molecular weight excluding hydrogens is 230 g/mol. The highest BCUT2D eigenvalue weighted by Crippen LogP contribution is 2.10. The Morgan fingerprint density at radius 2 is 2.50 bits per heavy atom. The predicted octanol–water partition coefficient (Wildman–Crippen LogP) is 0.101. The Morgan fingerprint density at radius 1 is 1.75 bits per heavy atom. The van der Waals surface area contributed by atoms with Gasteiger partial charge in [0.15, 0.2) is 5.16 Å². The fourth-order valence-corrected chi connectivity index (χ4v) is 1.52. The van der Waals surface area contributed by atoms with Gasteiger partial charge in [-0.05, 0) is 0 Å². The summed E-state index contributed by atoms with van der Waals surface area (Å²) in [5.41, 5.74) is -0.0228. The number of nitrogens with one attached hydrogen (secondary N) is 1. The van der Waals surface area contributed by atoms with E-state index in [0.29, 0.717) is 10.9 Å². The quantitative estimate of drug-likeness (QED) is 0.455. The van der Waals surface area contributed by atoms with Crippen molar-refractivity contribution in [3.8, 4) is 6.07 Å². The number of nitrogens with zero attached hydrogens (tertiary/aromatic N) is 2. The van der Waals surface area contributed by atoms with Crippen LogP contribution in [0.2, 0.25) is 0 Å². The lowest BCUT2D eigenvalue weighted by atomic mass is 10.3. The Labute approximate surface area is 95.6 Å². The third-order valence-corrected chi connectivity index (χ3v) is 2.34. The molecule has 0 aliphatic carbocycles. The van der Waals surface area contributed by atoms with Crippen LogP contribution in [0.1, 0.15) is 5.69 Å². The van der Waals surface area contributed by atoms with Crippen molar-refractivity contribution < 1.29 is 9.53 Å². The van der Waals surface area contributed by atoms with Gasteiger partial charge < -0.3 is 9.72 Å². The summed E-state index contributed by atoms with van der Waals surface area (Å²) >= 11 is 1.10. The molecule has 0 saturated carbocycles. The van der Waals surface area contributed by atoms with Crippen LogP contribution in [0, 0.1) is 11.3 Å². The van der Waals surface area contributed by atoms with Crippen LogP contribution in [0.3, 0.4) is 0 Å². The van der Waals surface area contributed by atoms with Gasteiger partial charge in [0.05, 0.1) is 31.0 Å². The molecule has 0 aromatic carbocycles. The minimum atomic E-state index is -0.464. The molecular formula is C9H9N3O3S. The van der Waals surface area contributed by atoms with Gasteiger partial charge in [-0.15, -0.1) is 0 Å². The van der Waals surface area contributed by atoms with Gasteiger partial charge in [-0.1, -0.05) is 11.8 Å². The van der Waals surface area contributed by atoms with Crippen molar-refractivity contribution in [2.45, 2.75) is 11.6 Å². The van der Waals surface area contributed by atoms with E-state index in [1.54, 1.807) is 0 Å². The average Bonchev–Trinajstić information content (AvgIpc) is 2.25. The average molecular weight is 239 g/mol. The molecule has 6 nitrogen and oxygen atoms in total. The zero-order valence-electron chi connectivity index (χ0n) is 8.52. The van der Waals surface area contributed by atoms with Crippen LogP contribution in [0.25, 0.3) is 0 Å². The topological polar surface area (TPSA) is 95.8 Å². The van der Waals surface area contributed by atoms with Gasteiger partial charge in [0.25, 0.3) is 5.56 Å². The monoisotopic (exact) mass is 239 g/mol. The summed E-state index contributed by atoms with van der Waals surface area (Å²) in [7, 11) is 1.26. The first-order chi connectivity index (χ1) is 7.65. The number of hydrogen-bond donors (Lipinski definition) is 1. The van der Waals surface area contributed by atoms with Crippen molar-refractivity contribution in [2.24, 2.45) is 0 Å². The number of rotatable bonds is 4. The number of thioether (sulfide) groups is 1. The van der Waals surface area contributed by atoms with E-state index in [-0.39, 0.29) is 17.7 Å². The van der Waals surface area contributed by atoms with E-state index in [0.717, 1.165) is 11.8 Å². The molecule has 1 heterocycles. The van der Waals surface area contributed by atoms with Crippen LogP contribution >= 0.6 is 11.8 Å². The van der Waals surface area contributed by atoms with Crippen molar-refractivity contribution in [1.29, 1.82) is 5.26 Å². The van der Waals surface area contributed by atoms with Gasteiger partial charge in [0, 0.05) is 6.07 Å². The summed E-state index contributed by atoms with van der Waals surface area (Å²) in [5.74, 6) is -0.278. The summed E-state index contributed by atoms with van der Waals surface area (Å²) in [6, 6.07) is 3.15. The number of carbonyl (C=O) groups excluding carboxylic acids is 1. The normalized spacial score (nSPS) is 9.50. The second kappa shape index (κ2) is 5.92. The summed E-state index contributed by atoms with van der Waals surface area (Å²) in [6.07, 6.45) is -0.0550. The molecule has 16 heavy (non-hydrogen) atoms. The lowest BCUT2D eigenvalue weighted by molar-refractivity contribution is -0.139. The SMILES string of the molecule is COC(=O)Cc1cc(=O)[nH]c(SCC#N)n1. The second-order valence-corrected chi connectivity index (χ2v) is 3.71. The van der Waals surface area contributed by atoms with Crippen molar-refractivity contribution >= 4 is 17.7 Å². The molecule has 0 radical (unpaired) electrons. The van der Waals surface area contributed by atoms with E-state index in [1.807, 2.05) is 6.07 Å². The number of esters is 1. The Balaban J connectivity index is 2.86. The van der Waals surface area contributed by atoms with E-state index < -0.39 is 5.97 Å². The highest BCUT2D eigenvalue weighted by Gasteiger charge is 2.07. The Kier molecular flexibility index (Phi) is 4.54. The van der Waals surface area contributed by atoms with E-state index in [9.17, 15) is 9.59 Å². The van der Waals surface area contributed by atoms with Gasteiger partial charge in [0.1, 0.15) is 0 Å². The van der Waals surface area contributed by atoms with Crippen LogP contribution in [0.5, 0.6) is 0 Å². The van der Waals surface area contributed by atoms with Gasteiger partial charge >= 0.3 is 5.97 Å². The summed E-state index contributed by atoms with van der Waals surface area (Å²) in [4.78, 5) is 28.7. The number of H-pyrrole nitrogens is 1. The molecule has 0 fully saturated rings. The number of hydrogen-bond acceptors (Lipinski definition) is 6. The van der Waals surface area contributed by atoms with Crippen molar-refractivity contribution in [2.75, 3.05) is 12.9 Å². The molecule has 1 N–H and O–H groups in total. The number of ether oxygens (including phenoxy) is 1. The number of carbonyl (C=O) groups is 1. The molecule has 1 aromatic rings. The Bertz CT molecular complexity index is 478. The number of aromatic amines is 1. The lowest BCUT2D eigenvalue weighted by Gasteiger charge is -2.01. The fraction of sp³-hybridized carbons (Fsp3) is 0.333. The van der Waals surface area contributed by atoms with E-state index in [2.05, 4.69) is 14.7 Å². The number of methoxy groups -OCH3 is 1. The third kappa shape index (κ3) is 3.74. The maximum absolute atomic E-state index is 11.2. The zero-order chi connectivity index (χ0) is 12.0. The molecule has 0 amide bonds. The molecule has 0 aliphatic rings. The van der Waals surface area contributed by atoms with Crippen LogP contribution in [-0.2, 0) is 16.0 Å². The maximum atomic E-state index is 11.2. The molecule has 84 valence electrons. The first-order valence-corrected chi connectivity index (χ1v) is 5.31. The predicted molar refractivity (Wildman–Crippen MR) is 56.9 cm³/mol. The molecule has 0 bridgehead atoms. The molecule has 1 aromatic heterocycles. The highest BCUT2D eigenvalue weighted by molar-refractivity contribution is 7.99. The largest absolute Gasteiger partial charge is 0.469 e. The molecule has 0 aliphatic heterocycles. The first-order valence-electron chi connectivity index (χ1n) is 4.32. The molecule has 0 unspecified atom stereocenters. The van der Waals surface area contributed by atoms with E-state index >= 15 is 0 Å². The van der Waals surface area contributed by atoms with Crippen molar-refractivity contribution in [1.82, 2.24) is 9.97 Å².